The van der Waals surface area contributed by atoms with Gasteiger partial charge in [-0.05, 0) is 42.8 Å². The Morgan fingerprint density at radius 1 is 0.970 bits per heavy atom. The van der Waals surface area contributed by atoms with E-state index in [1.54, 1.807) is 0 Å². The zero-order valence-electron chi connectivity index (χ0n) is 18.9. The smallest absolute Gasteiger partial charge is 0.313 e. The number of benzene rings is 2. The van der Waals surface area contributed by atoms with Crippen LogP contribution in [0.25, 0.3) is 0 Å². The van der Waals surface area contributed by atoms with Crippen molar-refractivity contribution in [2.75, 3.05) is 63.6 Å². The highest BCUT2D eigenvalue weighted by molar-refractivity contribution is 6.39. The fourth-order valence-corrected chi connectivity index (χ4v) is 4.42. The van der Waals surface area contributed by atoms with Crippen molar-refractivity contribution >= 4 is 23.2 Å². The molecule has 2 aromatic carbocycles. The third-order valence-electron chi connectivity index (χ3n) is 6.44. The van der Waals surface area contributed by atoms with Crippen LogP contribution >= 0.6 is 0 Å². The molecule has 0 saturated carbocycles. The molecule has 0 spiro atoms. The monoisotopic (exact) mass is 457 g/mol. The van der Waals surface area contributed by atoms with Crippen LogP contribution in [0, 0.1) is 11.6 Å². The quantitative estimate of drug-likeness (QED) is 0.673. The van der Waals surface area contributed by atoms with E-state index in [9.17, 15) is 18.4 Å². The molecule has 1 atom stereocenters. The van der Waals surface area contributed by atoms with Crippen molar-refractivity contribution in [2.45, 2.75) is 12.5 Å². The molecule has 2 aliphatic heterocycles. The summed E-state index contributed by atoms with van der Waals surface area (Å²) >= 11 is 0. The van der Waals surface area contributed by atoms with Gasteiger partial charge in [-0.15, -0.1) is 0 Å². The van der Waals surface area contributed by atoms with Crippen LogP contribution in [0.15, 0.2) is 36.4 Å². The number of nitrogens with zero attached hydrogens (tertiary/aromatic N) is 3. The lowest BCUT2D eigenvalue weighted by molar-refractivity contribution is -0.136. The molecular weight excluding hydrogens is 428 g/mol. The molecular formula is C24H29F2N5O2. The maximum Gasteiger partial charge on any atom is 0.313 e. The molecule has 2 aromatic rings. The Bertz CT molecular complexity index is 1040. The average molecular weight is 458 g/mol. The van der Waals surface area contributed by atoms with Gasteiger partial charge in [-0.2, -0.15) is 0 Å². The van der Waals surface area contributed by atoms with E-state index >= 15 is 0 Å². The van der Waals surface area contributed by atoms with Crippen molar-refractivity contribution in [1.82, 2.24) is 15.1 Å². The van der Waals surface area contributed by atoms with E-state index in [1.807, 2.05) is 0 Å². The van der Waals surface area contributed by atoms with Gasteiger partial charge in [0, 0.05) is 58.1 Å². The lowest BCUT2D eigenvalue weighted by Gasteiger charge is -2.38. The first-order valence-electron chi connectivity index (χ1n) is 11.1. The minimum atomic E-state index is -0.992. The van der Waals surface area contributed by atoms with E-state index in [1.165, 1.54) is 11.3 Å². The van der Waals surface area contributed by atoms with Crippen LogP contribution in [0.5, 0.6) is 0 Å². The molecule has 33 heavy (non-hydrogen) atoms. The van der Waals surface area contributed by atoms with Crippen molar-refractivity contribution in [2.24, 2.45) is 0 Å². The SMILES string of the molecule is CN1CCN([C@@H](CNC(=O)C(=O)Nc2ccc(F)cc2F)c2ccc3c(c2)CCN3C)CC1. The molecule has 9 heteroatoms. The highest BCUT2D eigenvalue weighted by Gasteiger charge is 2.27. The number of piperazine rings is 1. The Labute approximate surface area is 192 Å². The van der Waals surface area contributed by atoms with E-state index in [0.29, 0.717) is 6.07 Å². The van der Waals surface area contributed by atoms with Gasteiger partial charge < -0.3 is 20.4 Å². The number of rotatable bonds is 5. The van der Waals surface area contributed by atoms with Gasteiger partial charge in [0.1, 0.15) is 11.6 Å². The molecule has 1 saturated heterocycles. The number of amides is 2. The molecule has 0 bridgehead atoms. The van der Waals surface area contributed by atoms with Crippen LogP contribution in [0.4, 0.5) is 20.2 Å². The van der Waals surface area contributed by atoms with Gasteiger partial charge in [0.25, 0.3) is 0 Å². The van der Waals surface area contributed by atoms with Crippen LogP contribution < -0.4 is 15.5 Å². The second kappa shape index (κ2) is 9.84. The second-order valence-corrected chi connectivity index (χ2v) is 8.70. The topological polar surface area (TPSA) is 67.9 Å². The van der Waals surface area contributed by atoms with Crippen LogP contribution in [-0.4, -0.2) is 75.0 Å². The molecule has 2 aliphatic rings. The van der Waals surface area contributed by atoms with E-state index in [4.69, 9.17) is 0 Å². The van der Waals surface area contributed by atoms with Gasteiger partial charge in [0.15, 0.2) is 0 Å². The Morgan fingerprint density at radius 3 is 2.45 bits per heavy atom. The fourth-order valence-electron chi connectivity index (χ4n) is 4.42. The van der Waals surface area contributed by atoms with E-state index in [-0.39, 0.29) is 18.3 Å². The van der Waals surface area contributed by atoms with Crippen molar-refractivity contribution in [3.05, 3.63) is 59.2 Å². The highest BCUT2D eigenvalue weighted by Crippen LogP contribution is 2.31. The lowest BCUT2D eigenvalue weighted by atomic mass is 10.00. The predicted octanol–water partition coefficient (Wildman–Crippen LogP) is 2.00. The molecule has 7 nitrogen and oxygen atoms in total. The van der Waals surface area contributed by atoms with Gasteiger partial charge in [0.2, 0.25) is 0 Å². The van der Waals surface area contributed by atoms with Crippen molar-refractivity contribution in [3.8, 4) is 0 Å². The van der Waals surface area contributed by atoms with Crippen LogP contribution in [0.1, 0.15) is 17.2 Å². The number of hydrogen-bond acceptors (Lipinski definition) is 5. The van der Waals surface area contributed by atoms with Crippen LogP contribution in [-0.2, 0) is 16.0 Å². The second-order valence-electron chi connectivity index (χ2n) is 8.70. The number of hydrogen-bond donors (Lipinski definition) is 2. The van der Waals surface area contributed by atoms with Gasteiger partial charge in [-0.1, -0.05) is 12.1 Å². The van der Waals surface area contributed by atoms with Crippen LogP contribution in [0.2, 0.25) is 0 Å². The number of nitrogens with one attached hydrogen (secondary N) is 2. The first kappa shape index (κ1) is 23.1. The van der Waals surface area contributed by atoms with E-state index in [2.05, 4.69) is 57.6 Å². The predicted molar refractivity (Wildman–Crippen MR) is 123 cm³/mol. The summed E-state index contributed by atoms with van der Waals surface area (Å²) < 4.78 is 26.9. The number of likely N-dealkylation sites (N-methyl/N-ethyl adjacent to an activating group) is 2. The average Bonchev–Trinajstić information content (AvgIpc) is 3.17. The van der Waals surface area contributed by atoms with Crippen molar-refractivity contribution < 1.29 is 18.4 Å². The number of carbonyl (C=O) groups is 2. The first-order chi connectivity index (χ1) is 15.8. The summed E-state index contributed by atoms with van der Waals surface area (Å²) in [5, 5.41) is 4.91. The summed E-state index contributed by atoms with van der Waals surface area (Å²) in [6.45, 7) is 4.76. The van der Waals surface area contributed by atoms with E-state index in [0.717, 1.165) is 56.8 Å². The number of halogens is 2. The number of carbonyl (C=O) groups excluding carboxylic acids is 2. The fraction of sp³-hybridized carbons (Fsp3) is 0.417. The summed E-state index contributed by atoms with van der Waals surface area (Å²) in [6.07, 6.45) is 0.979. The Kier molecular flexibility index (Phi) is 6.90. The maximum atomic E-state index is 13.8. The summed E-state index contributed by atoms with van der Waals surface area (Å²) in [5.74, 6) is -3.55. The van der Waals surface area contributed by atoms with E-state index < -0.39 is 23.4 Å². The summed E-state index contributed by atoms with van der Waals surface area (Å²) in [6, 6.07) is 9.07. The Hall–Kier alpha value is -3.04. The first-order valence-corrected chi connectivity index (χ1v) is 11.1. The normalized spacial score (nSPS) is 17.5. The van der Waals surface area contributed by atoms with Crippen molar-refractivity contribution in [1.29, 1.82) is 0 Å². The largest absolute Gasteiger partial charge is 0.374 e. The molecule has 176 valence electrons. The zero-order valence-corrected chi connectivity index (χ0v) is 18.9. The van der Waals surface area contributed by atoms with Crippen LogP contribution in [0.3, 0.4) is 0 Å². The highest BCUT2D eigenvalue weighted by atomic mass is 19.1. The van der Waals surface area contributed by atoms with Gasteiger partial charge in [-0.25, -0.2) is 8.78 Å². The minimum absolute atomic E-state index is 0.0887. The van der Waals surface area contributed by atoms with Gasteiger partial charge in [0.05, 0.1) is 11.7 Å². The standard InChI is InChI=1S/C24H29F2N5O2/c1-29-9-11-31(12-10-29)22(16-3-6-21-17(13-16)7-8-30(21)2)15-27-23(32)24(33)28-20-5-4-18(25)14-19(20)26/h3-6,13-14,22H,7-12,15H2,1-2H3,(H,27,32)(H,28,33)/t22-/m0/s1. The zero-order chi connectivity index (χ0) is 23.5. The lowest BCUT2D eigenvalue weighted by Crippen LogP contribution is -2.49. The molecule has 2 amide bonds. The molecule has 0 aromatic heterocycles. The van der Waals surface area contributed by atoms with Gasteiger partial charge in [-0.3, -0.25) is 14.5 Å². The molecule has 2 heterocycles. The summed E-state index contributed by atoms with van der Waals surface area (Å²) in [5.41, 5.74) is 3.36. The molecule has 1 fully saturated rings. The minimum Gasteiger partial charge on any atom is -0.374 e. The number of anilines is 2. The van der Waals surface area contributed by atoms with Gasteiger partial charge >= 0.3 is 11.8 Å². The molecule has 4 rings (SSSR count). The third kappa shape index (κ3) is 5.31. The molecule has 0 aliphatic carbocycles. The summed E-state index contributed by atoms with van der Waals surface area (Å²) in [7, 11) is 4.16. The third-order valence-corrected chi connectivity index (χ3v) is 6.44. The summed E-state index contributed by atoms with van der Waals surface area (Å²) in [4.78, 5) is 31.6. The molecule has 0 unspecified atom stereocenters. The maximum absolute atomic E-state index is 13.8. The number of fused-ring (bicyclic) bond motifs is 1. The Balaban J connectivity index is 1.46. The Morgan fingerprint density at radius 2 is 1.73 bits per heavy atom. The van der Waals surface area contributed by atoms with Crippen molar-refractivity contribution in [3.63, 3.8) is 0 Å². The molecule has 2 N–H and O–H groups in total. The molecule has 0 radical (unpaired) electrons.